The average Bonchev–Trinajstić information content (AvgIpc) is 2.84. The summed E-state index contributed by atoms with van der Waals surface area (Å²) in [6.07, 6.45) is 2.51. The summed E-state index contributed by atoms with van der Waals surface area (Å²) in [5.41, 5.74) is 0.232. The van der Waals surface area contributed by atoms with E-state index in [4.69, 9.17) is 9.84 Å². The van der Waals surface area contributed by atoms with Crippen LogP contribution in [0.4, 0.5) is 0 Å². The molecule has 0 atom stereocenters. The summed E-state index contributed by atoms with van der Waals surface area (Å²) in [7, 11) is 1.90. The van der Waals surface area contributed by atoms with Gasteiger partial charge in [-0.1, -0.05) is 17.8 Å². The van der Waals surface area contributed by atoms with Crippen LogP contribution in [0.15, 0.2) is 35.7 Å². The smallest absolute Gasteiger partial charge is 0.335 e. The molecule has 0 radical (unpaired) electrons. The molecule has 0 fully saturated rings. The van der Waals surface area contributed by atoms with Crippen LogP contribution in [-0.2, 0) is 7.05 Å². The van der Waals surface area contributed by atoms with E-state index in [1.54, 1.807) is 36.3 Å². The lowest BCUT2D eigenvalue weighted by Crippen LogP contribution is -2.01. The molecule has 0 amide bonds. The first kappa shape index (κ1) is 14.4. The van der Waals surface area contributed by atoms with Gasteiger partial charge in [0.1, 0.15) is 12.1 Å². The fourth-order valence-corrected chi connectivity index (χ4v) is 2.34. The van der Waals surface area contributed by atoms with E-state index in [1.807, 2.05) is 11.6 Å². The largest absolute Gasteiger partial charge is 0.494 e. The van der Waals surface area contributed by atoms with Crippen molar-refractivity contribution in [2.24, 2.45) is 7.05 Å². The van der Waals surface area contributed by atoms with Crippen LogP contribution >= 0.6 is 11.8 Å². The molecule has 1 heterocycles. The molecule has 20 heavy (non-hydrogen) atoms. The molecule has 0 saturated heterocycles. The molecule has 2 aromatic rings. The number of carbonyl (C=O) groups is 1. The number of aromatic nitrogens is 3. The standard InChI is InChI=1S/C13H15N3O3S/c1-16-9-14-15-13(16)20-7-3-6-19-11-5-2-4-10(8-11)12(17)18/h2,4-5,8-9H,3,6-7H2,1H3,(H,17,18). The monoisotopic (exact) mass is 293 g/mol. The lowest BCUT2D eigenvalue weighted by Gasteiger charge is -2.06. The van der Waals surface area contributed by atoms with E-state index in [1.165, 1.54) is 6.07 Å². The number of aromatic carboxylic acids is 1. The molecule has 0 aliphatic carbocycles. The lowest BCUT2D eigenvalue weighted by atomic mass is 10.2. The van der Waals surface area contributed by atoms with Gasteiger partial charge >= 0.3 is 5.97 Å². The number of hydrogen-bond acceptors (Lipinski definition) is 5. The zero-order chi connectivity index (χ0) is 14.4. The molecule has 2 rings (SSSR count). The van der Waals surface area contributed by atoms with E-state index < -0.39 is 5.97 Å². The number of hydrogen-bond donors (Lipinski definition) is 1. The highest BCUT2D eigenvalue weighted by Gasteiger charge is 2.04. The van der Waals surface area contributed by atoms with Crippen molar-refractivity contribution in [3.63, 3.8) is 0 Å². The minimum absolute atomic E-state index is 0.232. The molecule has 1 N–H and O–H groups in total. The van der Waals surface area contributed by atoms with Crippen molar-refractivity contribution in [2.75, 3.05) is 12.4 Å². The predicted octanol–water partition coefficient (Wildman–Crippen LogP) is 2.07. The maximum Gasteiger partial charge on any atom is 0.335 e. The number of thioether (sulfide) groups is 1. The number of carboxylic acid groups (broad SMARTS) is 1. The van der Waals surface area contributed by atoms with Crippen molar-refractivity contribution in [1.29, 1.82) is 0 Å². The van der Waals surface area contributed by atoms with Crippen LogP contribution in [0.25, 0.3) is 0 Å². The molecule has 0 unspecified atom stereocenters. The topological polar surface area (TPSA) is 77.2 Å². The Labute approximate surface area is 120 Å². The van der Waals surface area contributed by atoms with Crippen LogP contribution < -0.4 is 4.74 Å². The van der Waals surface area contributed by atoms with Crippen molar-refractivity contribution in [2.45, 2.75) is 11.6 Å². The third-order valence-corrected chi connectivity index (χ3v) is 3.66. The summed E-state index contributed by atoms with van der Waals surface area (Å²) in [4.78, 5) is 10.8. The Morgan fingerprint density at radius 2 is 2.35 bits per heavy atom. The van der Waals surface area contributed by atoms with Gasteiger partial charge in [0.15, 0.2) is 5.16 Å². The van der Waals surface area contributed by atoms with E-state index in [9.17, 15) is 4.79 Å². The summed E-state index contributed by atoms with van der Waals surface area (Å²) in [6, 6.07) is 6.49. The Kier molecular flexibility index (Phi) is 5.00. The van der Waals surface area contributed by atoms with Gasteiger partial charge in [0.2, 0.25) is 0 Å². The summed E-state index contributed by atoms with van der Waals surface area (Å²) >= 11 is 1.61. The Morgan fingerprint density at radius 1 is 1.50 bits per heavy atom. The van der Waals surface area contributed by atoms with E-state index in [2.05, 4.69) is 10.2 Å². The van der Waals surface area contributed by atoms with Crippen molar-refractivity contribution in [3.8, 4) is 5.75 Å². The van der Waals surface area contributed by atoms with E-state index >= 15 is 0 Å². The van der Waals surface area contributed by atoms with Gasteiger partial charge in [0.05, 0.1) is 12.2 Å². The molecule has 1 aromatic carbocycles. The van der Waals surface area contributed by atoms with Gasteiger partial charge in [-0.3, -0.25) is 0 Å². The van der Waals surface area contributed by atoms with Crippen LogP contribution in [0, 0.1) is 0 Å². The van der Waals surface area contributed by atoms with Gasteiger partial charge in [-0.15, -0.1) is 10.2 Å². The minimum Gasteiger partial charge on any atom is -0.494 e. The summed E-state index contributed by atoms with van der Waals surface area (Å²) in [5.74, 6) is 0.493. The second-order valence-corrected chi connectivity index (χ2v) is 5.17. The SMILES string of the molecule is Cn1cnnc1SCCCOc1cccc(C(=O)O)c1. The second-order valence-electron chi connectivity index (χ2n) is 4.11. The van der Waals surface area contributed by atoms with E-state index in [0.717, 1.165) is 17.3 Å². The van der Waals surface area contributed by atoms with Gasteiger partial charge in [-0.2, -0.15) is 0 Å². The highest BCUT2D eigenvalue weighted by Crippen LogP contribution is 2.16. The van der Waals surface area contributed by atoms with Gasteiger partial charge in [0.25, 0.3) is 0 Å². The van der Waals surface area contributed by atoms with E-state index in [-0.39, 0.29) is 5.56 Å². The third kappa shape index (κ3) is 3.99. The number of benzene rings is 1. The van der Waals surface area contributed by atoms with Crippen LogP contribution in [0.1, 0.15) is 16.8 Å². The number of aryl methyl sites for hydroxylation is 1. The Bertz CT molecular complexity index is 586. The molecule has 0 aliphatic rings. The molecule has 7 heteroatoms. The van der Waals surface area contributed by atoms with Crippen molar-refractivity contribution >= 4 is 17.7 Å². The number of ether oxygens (including phenoxy) is 1. The molecular weight excluding hydrogens is 278 g/mol. The molecular formula is C13H15N3O3S. The van der Waals surface area contributed by atoms with Crippen LogP contribution in [-0.4, -0.2) is 38.2 Å². The summed E-state index contributed by atoms with van der Waals surface area (Å²) < 4.78 is 7.39. The Hall–Kier alpha value is -2.02. The number of carboxylic acids is 1. The van der Waals surface area contributed by atoms with Crippen molar-refractivity contribution in [3.05, 3.63) is 36.2 Å². The van der Waals surface area contributed by atoms with E-state index in [0.29, 0.717) is 12.4 Å². The lowest BCUT2D eigenvalue weighted by molar-refractivity contribution is 0.0696. The highest BCUT2D eigenvalue weighted by atomic mass is 32.2. The first-order valence-corrected chi connectivity index (χ1v) is 7.08. The Morgan fingerprint density at radius 3 is 3.05 bits per heavy atom. The van der Waals surface area contributed by atoms with Crippen LogP contribution in [0.2, 0.25) is 0 Å². The van der Waals surface area contributed by atoms with Gasteiger partial charge in [-0.25, -0.2) is 4.79 Å². The predicted molar refractivity (Wildman–Crippen MR) is 75.2 cm³/mol. The Balaban J connectivity index is 1.72. The zero-order valence-corrected chi connectivity index (χ0v) is 11.8. The highest BCUT2D eigenvalue weighted by molar-refractivity contribution is 7.99. The first-order valence-electron chi connectivity index (χ1n) is 6.10. The molecule has 0 spiro atoms. The summed E-state index contributed by atoms with van der Waals surface area (Å²) in [5, 5.41) is 17.5. The number of nitrogens with zero attached hydrogens (tertiary/aromatic N) is 3. The van der Waals surface area contributed by atoms with Crippen molar-refractivity contribution < 1.29 is 14.6 Å². The normalized spacial score (nSPS) is 10.4. The van der Waals surface area contributed by atoms with Gasteiger partial charge < -0.3 is 14.4 Å². The molecule has 106 valence electrons. The van der Waals surface area contributed by atoms with Crippen LogP contribution in [0.3, 0.4) is 0 Å². The number of rotatable bonds is 7. The zero-order valence-electron chi connectivity index (χ0n) is 11.0. The molecule has 0 aliphatic heterocycles. The maximum atomic E-state index is 10.8. The van der Waals surface area contributed by atoms with Gasteiger partial charge in [-0.05, 0) is 24.6 Å². The quantitative estimate of drug-likeness (QED) is 0.622. The van der Waals surface area contributed by atoms with Crippen molar-refractivity contribution in [1.82, 2.24) is 14.8 Å². The fourth-order valence-electron chi connectivity index (χ4n) is 1.53. The van der Waals surface area contributed by atoms with Gasteiger partial charge in [0, 0.05) is 12.8 Å². The van der Waals surface area contributed by atoms with Crippen LogP contribution in [0.5, 0.6) is 5.75 Å². The molecule has 0 bridgehead atoms. The molecule has 1 aromatic heterocycles. The summed E-state index contributed by atoms with van der Waals surface area (Å²) in [6.45, 7) is 0.536. The minimum atomic E-state index is -0.951. The maximum absolute atomic E-state index is 10.8. The molecule has 6 nitrogen and oxygen atoms in total. The fraction of sp³-hybridized carbons (Fsp3) is 0.308. The first-order chi connectivity index (χ1) is 9.66. The molecule has 0 saturated carbocycles. The third-order valence-electron chi connectivity index (χ3n) is 2.54. The average molecular weight is 293 g/mol. The second kappa shape index (κ2) is 6.95.